The topological polar surface area (TPSA) is 192 Å². The highest BCUT2D eigenvalue weighted by Crippen LogP contribution is 2.26. The van der Waals surface area contributed by atoms with Crippen LogP contribution in [0, 0.1) is 0 Å². The lowest BCUT2D eigenvalue weighted by molar-refractivity contribution is -0.298. The normalized spacial score (nSPS) is 21.4. The smallest absolute Gasteiger partial charge is 0.394 e. The number of carbonyl (C=O) groups is 1. The summed E-state index contributed by atoms with van der Waals surface area (Å²) in [5.41, 5.74) is 0. The molecule has 332 valence electrons. The van der Waals surface area contributed by atoms with Crippen LogP contribution in [0.1, 0.15) is 200 Å². The van der Waals surface area contributed by atoms with Crippen LogP contribution >= 0.6 is 0 Å². The van der Waals surface area contributed by atoms with Crippen LogP contribution in [0.15, 0.2) is 12.2 Å². The second kappa shape index (κ2) is 34.7. The zero-order valence-electron chi connectivity index (χ0n) is 35.2. The fraction of sp³-hybridized carbons (Fsp3) is 0.930. The van der Waals surface area contributed by atoms with Crippen molar-refractivity contribution in [2.75, 3.05) is 13.2 Å². The number of ether oxygens (including phenoxy) is 2. The highest BCUT2D eigenvalue weighted by atomic mass is 32.3. The Morgan fingerprint density at radius 3 is 1.55 bits per heavy atom. The Hall–Kier alpha value is -1.16. The van der Waals surface area contributed by atoms with Crippen molar-refractivity contribution in [3.8, 4) is 0 Å². The number of aliphatic hydroxyl groups is 4. The SMILES string of the molecule is CCCCCCCCCCCCCCCC/C=C/C(O)C(COC1OC(CO)C(O)C(OS(=O)(=O)O)C1O)NC(=O)CCCCCCCCCCCCCCC. The zero-order chi connectivity index (χ0) is 41.3. The lowest BCUT2D eigenvalue weighted by Gasteiger charge is -2.41. The van der Waals surface area contributed by atoms with E-state index in [4.69, 9.17) is 14.0 Å². The van der Waals surface area contributed by atoms with E-state index in [0.717, 1.165) is 38.5 Å². The van der Waals surface area contributed by atoms with Crippen molar-refractivity contribution in [3.63, 3.8) is 0 Å². The molecule has 56 heavy (non-hydrogen) atoms. The maximum absolute atomic E-state index is 13.0. The van der Waals surface area contributed by atoms with E-state index < -0.39 is 59.9 Å². The molecule has 1 rings (SSSR count). The molecule has 7 atom stereocenters. The number of hydrogen-bond acceptors (Lipinski definition) is 10. The molecule has 0 aromatic carbocycles. The Balaban J connectivity index is 2.55. The fourth-order valence-electron chi connectivity index (χ4n) is 7.28. The molecule has 6 N–H and O–H groups in total. The van der Waals surface area contributed by atoms with E-state index in [1.165, 1.54) is 135 Å². The number of rotatable bonds is 38. The van der Waals surface area contributed by atoms with Crippen molar-refractivity contribution in [2.45, 2.75) is 243 Å². The summed E-state index contributed by atoms with van der Waals surface area (Å²) >= 11 is 0. The van der Waals surface area contributed by atoms with Crippen molar-refractivity contribution in [1.29, 1.82) is 0 Å². The largest absolute Gasteiger partial charge is 0.397 e. The second-order valence-corrected chi connectivity index (χ2v) is 17.0. The number of amides is 1. The molecule has 12 nitrogen and oxygen atoms in total. The van der Waals surface area contributed by atoms with E-state index in [2.05, 4.69) is 23.3 Å². The van der Waals surface area contributed by atoms with Crippen LogP contribution in [0.5, 0.6) is 0 Å². The van der Waals surface area contributed by atoms with Crippen LogP contribution < -0.4 is 5.32 Å². The summed E-state index contributed by atoms with van der Waals surface area (Å²) < 4.78 is 47.5. The molecule has 1 saturated heterocycles. The van der Waals surface area contributed by atoms with Gasteiger partial charge in [-0.3, -0.25) is 9.35 Å². The molecule has 0 radical (unpaired) electrons. The first-order valence-corrected chi connectivity index (χ1v) is 23.9. The molecular formula is C43H83NO11S. The van der Waals surface area contributed by atoms with E-state index in [0.29, 0.717) is 6.42 Å². The van der Waals surface area contributed by atoms with E-state index in [1.807, 2.05) is 6.08 Å². The summed E-state index contributed by atoms with van der Waals surface area (Å²) in [6.07, 6.45) is 28.2. The van der Waals surface area contributed by atoms with Gasteiger partial charge in [-0.25, -0.2) is 4.18 Å². The van der Waals surface area contributed by atoms with Gasteiger partial charge in [0.15, 0.2) is 6.29 Å². The molecule has 0 aromatic heterocycles. The monoisotopic (exact) mass is 822 g/mol. The van der Waals surface area contributed by atoms with Crippen molar-refractivity contribution >= 4 is 16.3 Å². The standard InChI is InChI=1S/C43H83NO11S/c1-3-5-7-9-11-13-15-17-18-19-21-22-24-26-28-30-32-37(46)36(35-53-43-41(49)42(55-56(50,51)52)40(48)38(34-45)54-43)44-39(47)33-31-29-27-25-23-20-16-14-12-10-8-6-4-2/h30,32,36-38,40-43,45-46,48-49H,3-29,31,33-35H2,1-2H3,(H,44,47)(H,50,51,52)/b32-30+. The van der Waals surface area contributed by atoms with E-state index >= 15 is 0 Å². The summed E-state index contributed by atoms with van der Waals surface area (Å²) in [5.74, 6) is -0.262. The molecule has 0 spiro atoms. The predicted molar refractivity (Wildman–Crippen MR) is 222 cm³/mol. The molecule has 0 saturated carbocycles. The van der Waals surface area contributed by atoms with E-state index in [-0.39, 0.29) is 18.9 Å². The molecule has 0 aliphatic carbocycles. The van der Waals surface area contributed by atoms with Gasteiger partial charge in [-0.05, 0) is 19.3 Å². The lowest BCUT2D eigenvalue weighted by Crippen LogP contribution is -2.61. The summed E-state index contributed by atoms with van der Waals surface area (Å²) in [4.78, 5) is 13.0. The fourth-order valence-corrected chi connectivity index (χ4v) is 7.79. The molecule has 13 heteroatoms. The Morgan fingerprint density at radius 1 is 0.696 bits per heavy atom. The zero-order valence-corrected chi connectivity index (χ0v) is 36.0. The van der Waals surface area contributed by atoms with Crippen LogP contribution in [-0.2, 0) is 28.9 Å². The van der Waals surface area contributed by atoms with Crippen molar-refractivity contribution in [2.24, 2.45) is 0 Å². The number of nitrogens with one attached hydrogen (secondary N) is 1. The molecule has 0 aromatic rings. The Morgan fingerprint density at radius 2 is 1.12 bits per heavy atom. The van der Waals surface area contributed by atoms with Crippen molar-refractivity contribution in [1.82, 2.24) is 5.32 Å². The average Bonchev–Trinajstić information content (AvgIpc) is 3.16. The van der Waals surface area contributed by atoms with Crippen LogP contribution in [0.25, 0.3) is 0 Å². The van der Waals surface area contributed by atoms with Crippen LogP contribution in [-0.4, -0.2) is 95.4 Å². The van der Waals surface area contributed by atoms with Crippen molar-refractivity contribution < 1.29 is 51.8 Å². The Labute approximate surface area is 340 Å². The number of hydrogen-bond donors (Lipinski definition) is 6. The molecule has 1 heterocycles. The molecule has 0 bridgehead atoms. The predicted octanol–water partition coefficient (Wildman–Crippen LogP) is 8.38. The minimum atomic E-state index is -5.08. The van der Waals surface area contributed by atoms with Gasteiger partial charge in [0.1, 0.15) is 24.4 Å². The first-order chi connectivity index (χ1) is 27.0. The average molecular weight is 822 g/mol. The Kier molecular flexibility index (Phi) is 32.7. The van der Waals surface area contributed by atoms with Gasteiger partial charge in [-0.15, -0.1) is 0 Å². The lowest BCUT2D eigenvalue weighted by atomic mass is 9.99. The van der Waals surface area contributed by atoms with Gasteiger partial charge < -0.3 is 35.2 Å². The van der Waals surface area contributed by atoms with Gasteiger partial charge in [0, 0.05) is 6.42 Å². The maximum Gasteiger partial charge on any atom is 0.397 e. The first kappa shape index (κ1) is 52.9. The third-order valence-corrected chi connectivity index (χ3v) is 11.3. The van der Waals surface area contributed by atoms with Crippen LogP contribution in [0.3, 0.4) is 0 Å². The highest BCUT2D eigenvalue weighted by Gasteiger charge is 2.48. The third kappa shape index (κ3) is 27.5. The minimum absolute atomic E-state index is 0.262. The van der Waals surface area contributed by atoms with Gasteiger partial charge in [-0.2, -0.15) is 8.42 Å². The number of carbonyl (C=O) groups excluding carboxylic acids is 1. The van der Waals surface area contributed by atoms with Crippen molar-refractivity contribution in [3.05, 3.63) is 12.2 Å². The summed E-state index contributed by atoms with van der Waals surface area (Å²) in [7, 11) is -5.08. The summed E-state index contributed by atoms with van der Waals surface area (Å²) in [6.45, 7) is 3.38. The molecule has 1 amide bonds. The summed E-state index contributed by atoms with van der Waals surface area (Å²) in [6, 6.07) is -0.937. The van der Waals surface area contributed by atoms with Gasteiger partial charge >= 0.3 is 10.4 Å². The van der Waals surface area contributed by atoms with Gasteiger partial charge in [0.25, 0.3) is 0 Å². The summed E-state index contributed by atoms with van der Waals surface area (Å²) in [5, 5.41) is 44.6. The number of allylic oxidation sites excluding steroid dienone is 1. The molecule has 7 unspecified atom stereocenters. The van der Waals surface area contributed by atoms with Crippen LogP contribution in [0.2, 0.25) is 0 Å². The maximum atomic E-state index is 13.0. The second-order valence-electron chi connectivity index (χ2n) is 16.0. The quantitative estimate of drug-likeness (QED) is 0.0199. The molecule has 1 aliphatic rings. The van der Waals surface area contributed by atoms with E-state index in [1.54, 1.807) is 6.08 Å². The highest BCUT2D eigenvalue weighted by molar-refractivity contribution is 7.80. The third-order valence-electron chi connectivity index (χ3n) is 10.8. The number of aliphatic hydroxyl groups excluding tert-OH is 4. The van der Waals surface area contributed by atoms with Crippen LogP contribution in [0.4, 0.5) is 0 Å². The van der Waals surface area contributed by atoms with Gasteiger partial charge in [0.2, 0.25) is 5.91 Å². The van der Waals surface area contributed by atoms with Gasteiger partial charge in [-0.1, -0.05) is 187 Å². The first-order valence-electron chi connectivity index (χ1n) is 22.6. The minimum Gasteiger partial charge on any atom is -0.394 e. The number of unbranched alkanes of at least 4 members (excludes halogenated alkanes) is 26. The Bertz CT molecular complexity index is 1060. The molecular weight excluding hydrogens is 739 g/mol. The van der Waals surface area contributed by atoms with Gasteiger partial charge in [0.05, 0.1) is 25.4 Å². The molecule has 1 fully saturated rings. The molecule has 1 aliphatic heterocycles. The van der Waals surface area contributed by atoms with E-state index in [9.17, 15) is 33.6 Å².